The van der Waals surface area contributed by atoms with Crippen LogP contribution in [0, 0.1) is 6.92 Å². The maximum Gasteiger partial charge on any atom is 0.307 e. The van der Waals surface area contributed by atoms with E-state index in [2.05, 4.69) is 5.32 Å². The van der Waals surface area contributed by atoms with Gasteiger partial charge in [-0.25, -0.2) is 0 Å². The van der Waals surface area contributed by atoms with Gasteiger partial charge in [0.1, 0.15) is 6.54 Å². The Bertz CT molecular complexity index is 444. The Kier molecular flexibility index (Phi) is 3.96. The van der Waals surface area contributed by atoms with Crippen molar-refractivity contribution in [2.45, 2.75) is 19.9 Å². The number of rotatable bonds is 2. The van der Waals surface area contributed by atoms with E-state index >= 15 is 0 Å². The highest BCUT2D eigenvalue weighted by Gasteiger charge is 2.17. The number of carbonyl (C=O) groups is 1. The predicted molar refractivity (Wildman–Crippen MR) is 67.4 cm³/mol. The molecule has 2 heterocycles. The Morgan fingerprint density at radius 2 is 2.29 bits per heavy atom. The molecule has 2 rings (SSSR count). The quantitative estimate of drug-likeness (QED) is 0.812. The number of thiazole rings is 1. The van der Waals surface area contributed by atoms with Gasteiger partial charge in [0.15, 0.2) is 0 Å². The molecule has 1 saturated heterocycles. The fraction of sp³-hybridized carbons (Fsp3) is 0.636. The largest absolute Gasteiger partial charge is 0.340 e. The molecular weight excluding hydrogens is 238 g/mol. The number of hydrogen-bond acceptors (Lipinski definition) is 4. The van der Waals surface area contributed by atoms with Crippen molar-refractivity contribution in [1.29, 1.82) is 0 Å². The number of aromatic nitrogens is 1. The first-order chi connectivity index (χ1) is 8.18. The molecular formula is C11H17N3O2S. The van der Waals surface area contributed by atoms with Gasteiger partial charge in [0.25, 0.3) is 0 Å². The van der Waals surface area contributed by atoms with Gasteiger partial charge in [-0.3, -0.25) is 14.2 Å². The van der Waals surface area contributed by atoms with Gasteiger partial charge in [0.05, 0.1) is 0 Å². The van der Waals surface area contributed by atoms with Gasteiger partial charge in [-0.2, -0.15) is 0 Å². The molecule has 1 N–H and O–H groups in total. The summed E-state index contributed by atoms with van der Waals surface area (Å²) in [5.74, 6) is 0.0392. The van der Waals surface area contributed by atoms with Crippen LogP contribution >= 0.6 is 11.3 Å². The van der Waals surface area contributed by atoms with Crippen molar-refractivity contribution in [2.75, 3.05) is 26.2 Å². The average Bonchev–Trinajstić information content (AvgIpc) is 2.59. The van der Waals surface area contributed by atoms with E-state index in [-0.39, 0.29) is 17.3 Å². The van der Waals surface area contributed by atoms with Crippen molar-refractivity contribution in [1.82, 2.24) is 14.8 Å². The molecule has 1 fully saturated rings. The molecule has 1 aromatic heterocycles. The molecule has 0 radical (unpaired) electrons. The number of nitrogens with zero attached hydrogens (tertiary/aromatic N) is 2. The highest BCUT2D eigenvalue weighted by atomic mass is 32.1. The van der Waals surface area contributed by atoms with Gasteiger partial charge >= 0.3 is 4.87 Å². The van der Waals surface area contributed by atoms with Gasteiger partial charge in [0.2, 0.25) is 5.91 Å². The maximum atomic E-state index is 12.1. The summed E-state index contributed by atoms with van der Waals surface area (Å²) in [4.78, 5) is 25.4. The lowest BCUT2D eigenvalue weighted by Crippen LogP contribution is -2.38. The fourth-order valence-electron chi connectivity index (χ4n) is 1.93. The minimum absolute atomic E-state index is 0.0392. The van der Waals surface area contributed by atoms with Crippen molar-refractivity contribution in [2.24, 2.45) is 0 Å². The van der Waals surface area contributed by atoms with Crippen molar-refractivity contribution in [3.05, 3.63) is 20.7 Å². The van der Waals surface area contributed by atoms with E-state index in [0.29, 0.717) is 0 Å². The Balaban J connectivity index is 2.03. The lowest BCUT2D eigenvalue weighted by molar-refractivity contribution is -0.131. The molecule has 0 atom stereocenters. The Morgan fingerprint density at radius 3 is 3.00 bits per heavy atom. The van der Waals surface area contributed by atoms with Gasteiger partial charge in [-0.05, 0) is 19.9 Å². The van der Waals surface area contributed by atoms with Crippen LogP contribution in [0.25, 0.3) is 0 Å². The maximum absolute atomic E-state index is 12.1. The molecule has 0 saturated carbocycles. The zero-order valence-electron chi connectivity index (χ0n) is 9.94. The molecule has 5 nitrogen and oxygen atoms in total. The molecule has 17 heavy (non-hydrogen) atoms. The van der Waals surface area contributed by atoms with Crippen LogP contribution in [0.5, 0.6) is 0 Å². The van der Waals surface area contributed by atoms with Gasteiger partial charge in [-0.1, -0.05) is 11.3 Å². The predicted octanol–water partition coefficient (Wildman–Crippen LogP) is 0.0401. The highest BCUT2D eigenvalue weighted by molar-refractivity contribution is 7.07. The molecule has 0 aliphatic carbocycles. The molecule has 94 valence electrons. The van der Waals surface area contributed by atoms with Crippen molar-refractivity contribution < 1.29 is 4.79 Å². The van der Waals surface area contributed by atoms with E-state index in [4.69, 9.17) is 0 Å². The van der Waals surface area contributed by atoms with Crippen LogP contribution in [0.4, 0.5) is 0 Å². The van der Waals surface area contributed by atoms with Crippen LogP contribution in [-0.4, -0.2) is 41.6 Å². The van der Waals surface area contributed by atoms with Crippen molar-refractivity contribution in [3.63, 3.8) is 0 Å². The van der Waals surface area contributed by atoms with E-state index in [1.165, 1.54) is 0 Å². The second-order valence-corrected chi connectivity index (χ2v) is 5.03. The molecule has 0 aromatic carbocycles. The average molecular weight is 255 g/mol. The molecule has 1 aliphatic heterocycles. The normalized spacial score (nSPS) is 16.9. The fourth-order valence-corrected chi connectivity index (χ4v) is 2.66. The molecule has 0 spiro atoms. The van der Waals surface area contributed by atoms with Crippen LogP contribution in [-0.2, 0) is 11.3 Å². The lowest BCUT2D eigenvalue weighted by atomic mass is 10.3. The smallest absolute Gasteiger partial charge is 0.307 e. The monoisotopic (exact) mass is 255 g/mol. The van der Waals surface area contributed by atoms with Crippen LogP contribution in [0.15, 0.2) is 10.2 Å². The molecule has 0 unspecified atom stereocenters. The summed E-state index contributed by atoms with van der Waals surface area (Å²) in [6, 6.07) is 0. The minimum atomic E-state index is -0.0520. The zero-order chi connectivity index (χ0) is 12.3. The Morgan fingerprint density at radius 1 is 1.47 bits per heavy atom. The minimum Gasteiger partial charge on any atom is -0.340 e. The summed E-state index contributed by atoms with van der Waals surface area (Å²) in [6.45, 7) is 5.34. The summed E-state index contributed by atoms with van der Waals surface area (Å²) in [7, 11) is 0. The zero-order valence-corrected chi connectivity index (χ0v) is 10.8. The second-order valence-electron chi connectivity index (χ2n) is 4.21. The first kappa shape index (κ1) is 12.3. The van der Waals surface area contributed by atoms with E-state index in [0.717, 1.165) is 49.6 Å². The molecule has 1 aromatic rings. The number of carbonyl (C=O) groups excluding carboxylic acids is 1. The van der Waals surface area contributed by atoms with Crippen molar-refractivity contribution in [3.8, 4) is 0 Å². The third kappa shape index (κ3) is 2.95. The van der Waals surface area contributed by atoms with Crippen molar-refractivity contribution >= 4 is 17.2 Å². The van der Waals surface area contributed by atoms with E-state index in [9.17, 15) is 9.59 Å². The topological polar surface area (TPSA) is 54.3 Å². The number of amides is 1. The van der Waals surface area contributed by atoms with Gasteiger partial charge < -0.3 is 10.2 Å². The Labute approximate surface area is 104 Å². The third-order valence-electron chi connectivity index (χ3n) is 2.96. The van der Waals surface area contributed by atoms with Crippen LogP contribution in [0.3, 0.4) is 0 Å². The molecule has 6 heteroatoms. The Hall–Kier alpha value is -1.14. The second kappa shape index (κ2) is 5.46. The summed E-state index contributed by atoms with van der Waals surface area (Å²) in [6.07, 6.45) is 0.975. The van der Waals surface area contributed by atoms with Crippen LogP contribution in [0.2, 0.25) is 0 Å². The van der Waals surface area contributed by atoms with Gasteiger partial charge in [-0.15, -0.1) is 0 Å². The van der Waals surface area contributed by atoms with E-state index in [1.54, 1.807) is 9.95 Å². The van der Waals surface area contributed by atoms with E-state index < -0.39 is 0 Å². The first-order valence-corrected chi connectivity index (χ1v) is 6.70. The van der Waals surface area contributed by atoms with Crippen LogP contribution in [0.1, 0.15) is 12.1 Å². The lowest BCUT2D eigenvalue weighted by Gasteiger charge is -2.20. The highest BCUT2D eigenvalue weighted by Crippen LogP contribution is 2.02. The SMILES string of the molecule is Cc1csc(=O)n1CC(=O)N1CCCNCC1. The summed E-state index contributed by atoms with van der Waals surface area (Å²) >= 11 is 1.15. The number of aryl methyl sites for hydroxylation is 1. The number of nitrogens with one attached hydrogen (secondary N) is 1. The summed E-state index contributed by atoms with van der Waals surface area (Å²) < 4.78 is 1.55. The summed E-state index contributed by atoms with van der Waals surface area (Å²) in [5, 5.41) is 5.04. The molecule has 1 aliphatic rings. The first-order valence-electron chi connectivity index (χ1n) is 5.82. The third-order valence-corrected chi connectivity index (χ3v) is 3.84. The van der Waals surface area contributed by atoms with E-state index in [1.807, 2.05) is 11.8 Å². The molecule has 0 bridgehead atoms. The van der Waals surface area contributed by atoms with Crippen LogP contribution < -0.4 is 10.2 Å². The summed E-state index contributed by atoms with van der Waals surface area (Å²) in [5.41, 5.74) is 0.862. The number of hydrogen-bond donors (Lipinski definition) is 1. The molecule has 1 amide bonds. The van der Waals surface area contributed by atoms with Gasteiger partial charge in [0, 0.05) is 30.7 Å². The standard InChI is InChI=1S/C11H17N3O2S/c1-9-8-17-11(16)14(9)7-10(15)13-5-2-3-12-4-6-13/h8,12H,2-7H2,1H3.